The fraction of sp³-hybridized carbons (Fsp3) is 0.769. The molecule has 1 heteroatoms. The average molecular weight is 377 g/mol. The van der Waals surface area contributed by atoms with Gasteiger partial charge in [-0.2, -0.15) is 0 Å². The van der Waals surface area contributed by atoms with Gasteiger partial charge in [-0.15, -0.1) is 0 Å². The number of hydrogen-bond donors (Lipinski definition) is 0. The molecule has 0 heterocycles. The monoisotopic (exact) mass is 376 g/mol. The first-order valence-corrected chi connectivity index (χ1v) is 11.7. The fourth-order valence-corrected chi connectivity index (χ4v) is 4.01. The molecule has 1 aromatic carbocycles. The van der Waals surface area contributed by atoms with Crippen LogP contribution in [0.15, 0.2) is 24.3 Å². The number of rotatable bonds is 6. The van der Waals surface area contributed by atoms with Crippen LogP contribution in [0.2, 0.25) is 0 Å². The highest BCUT2D eigenvalue weighted by Crippen LogP contribution is 2.37. The quantitative estimate of drug-likeness (QED) is 0.481. The van der Waals surface area contributed by atoms with Crippen molar-refractivity contribution in [3.63, 3.8) is 0 Å². The van der Waals surface area contributed by atoms with Gasteiger partial charge in [0.2, 0.25) is 0 Å². The predicted molar refractivity (Wildman–Crippen MR) is 123 cm³/mol. The molecule has 1 aliphatic carbocycles. The standard InChI is InChI=1S/C12H18O.C12H24.C2H6/c1-9(2)11-6-5-7-12(8-11)13-10(3)4;1-4-10(3)12-9-7-6-8-11(12)5-2;1-2/h5-10H,1-4H3;10-12H,4-9H2,1-3H3;1-2H3. The molecule has 0 bridgehead atoms. The normalized spacial score (nSPS) is 20.3. The molecule has 0 radical (unpaired) electrons. The Balaban J connectivity index is 0.000000460. The Hall–Kier alpha value is -0.980. The Morgan fingerprint density at radius 2 is 1.59 bits per heavy atom. The lowest BCUT2D eigenvalue weighted by molar-refractivity contribution is 0.162. The first-order valence-electron chi connectivity index (χ1n) is 11.7. The topological polar surface area (TPSA) is 9.23 Å². The van der Waals surface area contributed by atoms with Crippen LogP contribution in [0.4, 0.5) is 0 Å². The van der Waals surface area contributed by atoms with E-state index in [-0.39, 0.29) is 6.10 Å². The van der Waals surface area contributed by atoms with E-state index < -0.39 is 0 Å². The van der Waals surface area contributed by atoms with E-state index in [1.54, 1.807) is 0 Å². The third-order valence-corrected chi connectivity index (χ3v) is 5.76. The maximum atomic E-state index is 5.60. The summed E-state index contributed by atoms with van der Waals surface area (Å²) in [5, 5.41) is 0. The van der Waals surface area contributed by atoms with Crippen LogP contribution in [-0.2, 0) is 0 Å². The van der Waals surface area contributed by atoms with E-state index in [0.29, 0.717) is 5.92 Å². The molecule has 1 aliphatic rings. The summed E-state index contributed by atoms with van der Waals surface area (Å²) in [6, 6.07) is 8.31. The van der Waals surface area contributed by atoms with Crippen molar-refractivity contribution in [1.82, 2.24) is 0 Å². The highest BCUT2D eigenvalue weighted by molar-refractivity contribution is 5.30. The van der Waals surface area contributed by atoms with Crippen LogP contribution >= 0.6 is 0 Å². The predicted octanol–water partition coefficient (Wildman–Crippen LogP) is 8.87. The van der Waals surface area contributed by atoms with E-state index in [9.17, 15) is 0 Å². The van der Waals surface area contributed by atoms with Crippen molar-refractivity contribution >= 4 is 0 Å². The van der Waals surface area contributed by atoms with Gasteiger partial charge in [-0.25, -0.2) is 0 Å². The van der Waals surface area contributed by atoms with Gasteiger partial charge in [0.05, 0.1) is 6.10 Å². The van der Waals surface area contributed by atoms with Gasteiger partial charge in [-0.05, 0) is 61.6 Å². The third kappa shape index (κ3) is 10.2. The summed E-state index contributed by atoms with van der Waals surface area (Å²) in [4.78, 5) is 0. The highest BCUT2D eigenvalue weighted by Gasteiger charge is 2.26. The molecule has 0 aromatic heterocycles. The molecule has 158 valence electrons. The molecule has 0 N–H and O–H groups in total. The van der Waals surface area contributed by atoms with Crippen LogP contribution in [0, 0.1) is 17.8 Å². The van der Waals surface area contributed by atoms with Crippen LogP contribution in [0.1, 0.15) is 112 Å². The molecule has 0 amide bonds. The molecule has 1 fully saturated rings. The van der Waals surface area contributed by atoms with Crippen molar-refractivity contribution in [2.24, 2.45) is 17.8 Å². The molecule has 0 saturated heterocycles. The van der Waals surface area contributed by atoms with E-state index in [1.807, 2.05) is 39.8 Å². The Kier molecular flexibility index (Phi) is 14.5. The second-order valence-corrected chi connectivity index (χ2v) is 8.40. The smallest absolute Gasteiger partial charge is 0.119 e. The van der Waals surface area contributed by atoms with Crippen molar-refractivity contribution < 1.29 is 4.74 Å². The van der Waals surface area contributed by atoms with Gasteiger partial charge in [0.15, 0.2) is 0 Å². The van der Waals surface area contributed by atoms with Crippen molar-refractivity contribution in [2.75, 3.05) is 0 Å². The zero-order valence-corrected chi connectivity index (χ0v) is 19.8. The Labute approximate surface area is 171 Å². The van der Waals surface area contributed by atoms with E-state index in [4.69, 9.17) is 4.74 Å². The number of ether oxygens (including phenoxy) is 1. The van der Waals surface area contributed by atoms with E-state index in [2.05, 4.69) is 46.8 Å². The zero-order chi connectivity index (χ0) is 20.8. The molecule has 1 aromatic rings. The molecule has 1 nitrogen and oxygen atoms in total. The van der Waals surface area contributed by atoms with Gasteiger partial charge < -0.3 is 4.74 Å². The van der Waals surface area contributed by atoms with Crippen LogP contribution in [0.3, 0.4) is 0 Å². The van der Waals surface area contributed by atoms with Crippen molar-refractivity contribution in [3.05, 3.63) is 29.8 Å². The lowest BCUT2D eigenvalue weighted by atomic mass is 9.71. The Bertz CT molecular complexity index is 463. The largest absolute Gasteiger partial charge is 0.491 e. The second-order valence-electron chi connectivity index (χ2n) is 8.40. The molecule has 0 aliphatic heterocycles. The second kappa shape index (κ2) is 15.0. The van der Waals surface area contributed by atoms with Gasteiger partial charge >= 0.3 is 0 Å². The molecule has 1 saturated carbocycles. The third-order valence-electron chi connectivity index (χ3n) is 5.76. The van der Waals surface area contributed by atoms with Crippen molar-refractivity contribution in [1.29, 1.82) is 0 Å². The maximum absolute atomic E-state index is 5.60. The first kappa shape index (κ1) is 26.0. The SMILES string of the molecule is CC.CC(C)Oc1cccc(C(C)C)c1.CCC(C)C1CCCCC1CC. The zero-order valence-electron chi connectivity index (χ0n) is 19.8. The summed E-state index contributed by atoms with van der Waals surface area (Å²) in [5.41, 5.74) is 1.33. The summed E-state index contributed by atoms with van der Waals surface area (Å²) in [7, 11) is 0. The maximum Gasteiger partial charge on any atom is 0.119 e. The lowest BCUT2D eigenvalue weighted by Gasteiger charge is -2.34. The van der Waals surface area contributed by atoms with E-state index in [1.165, 1.54) is 44.1 Å². The minimum atomic E-state index is 0.252. The summed E-state index contributed by atoms with van der Waals surface area (Å²) >= 11 is 0. The molecule has 3 atom stereocenters. The van der Waals surface area contributed by atoms with E-state index >= 15 is 0 Å². The van der Waals surface area contributed by atoms with Gasteiger partial charge in [-0.1, -0.05) is 92.7 Å². The van der Waals surface area contributed by atoms with Crippen LogP contribution in [0.5, 0.6) is 5.75 Å². The molecule has 3 unspecified atom stereocenters. The molecular formula is C26H48O. The van der Waals surface area contributed by atoms with Gasteiger partial charge in [0.1, 0.15) is 5.75 Å². The van der Waals surface area contributed by atoms with Crippen LogP contribution in [0.25, 0.3) is 0 Å². The summed E-state index contributed by atoms with van der Waals surface area (Å²) < 4.78 is 5.60. The molecule has 0 spiro atoms. The Morgan fingerprint density at radius 1 is 0.963 bits per heavy atom. The highest BCUT2D eigenvalue weighted by atomic mass is 16.5. The Morgan fingerprint density at radius 3 is 2.11 bits per heavy atom. The minimum Gasteiger partial charge on any atom is -0.491 e. The van der Waals surface area contributed by atoms with Crippen molar-refractivity contribution in [3.8, 4) is 5.75 Å². The molecule has 2 rings (SSSR count). The van der Waals surface area contributed by atoms with Gasteiger partial charge in [-0.3, -0.25) is 0 Å². The summed E-state index contributed by atoms with van der Waals surface area (Å²) in [6.45, 7) is 19.6. The molecule has 27 heavy (non-hydrogen) atoms. The van der Waals surface area contributed by atoms with Gasteiger partial charge in [0, 0.05) is 0 Å². The molecular weight excluding hydrogens is 328 g/mol. The van der Waals surface area contributed by atoms with Crippen LogP contribution in [-0.4, -0.2) is 6.10 Å². The lowest BCUT2D eigenvalue weighted by Crippen LogP contribution is -2.24. The average Bonchev–Trinajstić information content (AvgIpc) is 2.69. The van der Waals surface area contributed by atoms with Crippen LogP contribution < -0.4 is 4.74 Å². The van der Waals surface area contributed by atoms with E-state index in [0.717, 1.165) is 23.5 Å². The first-order chi connectivity index (χ1) is 12.9. The summed E-state index contributed by atoms with van der Waals surface area (Å²) in [5.74, 6) is 4.61. The summed E-state index contributed by atoms with van der Waals surface area (Å²) in [6.07, 6.45) is 9.04. The number of hydrogen-bond acceptors (Lipinski definition) is 1. The van der Waals surface area contributed by atoms with Gasteiger partial charge in [0.25, 0.3) is 0 Å². The number of benzene rings is 1. The minimum absolute atomic E-state index is 0.252. The van der Waals surface area contributed by atoms with Crippen molar-refractivity contribution in [2.45, 2.75) is 113 Å². The fourth-order valence-electron chi connectivity index (χ4n) is 4.01.